The van der Waals surface area contributed by atoms with Crippen molar-refractivity contribution in [1.29, 1.82) is 0 Å². The van der Waals surface area contributed by atoms with Gasteiger partial charge in [-0.3, -0.25) is 0 Å². The van der Waals surface area contributed by atoms with E-state index in [-0.39, 0.29) is 0 Å². The Balaban J connectivity index is 1.66. The third-order valence-electron chi connectivity index (χ3n) is 3.15. The average molecular weight is 222 g/mol. The fraction of sp³-hybridized carbons (Fsp3) is 0.692. The third kappa shape index (κ3) is 3.35. The van der Waals surface area contributed by atoms with Gasteiger partial charge in [0.2, 0.25) is 0 Å². The average Bonchev–Trinajstić information content (AvgIpc) is 2.78. The lowest BCUT2D eigenvalue weighted by Crippen LogP contribution is -2.31. The van der Waals surface area contributed by atoms with Crippen molar-refractivity contribution in [2.24, 2.45) is 0 Å². The van der Waals surface area contributed by atoms with E-state index in [2.05, 4.69) is 35.3 Å². The van der Waals surface area contributed by atoms with Gasteiger partial charge in [-0.15, -0.1) is 0 Å². The Morgan fingerprint density at radius 1 is 1.50 bits per heavy atom. The largest absolute Gasteiger partial charge is 0.377 e. The van der Waals surface area contributed by atoms with E-state index in [1.807, 2.05) is 0 Å². The van der Waals surface area contributed by atoms with E-state index >= 15 is 0 Å². The number of aromatic nitrogens is 1. The first-order valence-corrected chi connectivity index (χ1v) is 6.35. The maximum absolute atomic E-state index is 5.67. The summed E-state index contributed by atoms with van der Waals surface area (Å²) in [4.78, 5) is 0. The topological polar surface area (TPSA) is 26.2 Å². The maximum atomic E-state index is 5.67. The molecule has 16 heavy (non-hydrogen) atoms. The van der Waals surface area contributed by atoms with Crippen LogP contribution in [0.15, 0.2) is 18.5 Å². The third-order valence-corrected chi connectivity index (χ3v) is 3.15. The molecule has 0 aliphatic carbocycles. The molecule has 1 aromatic rings. The first kappa shape index (κ1) is 11.7. The lowest BCUT2D eigenvalue weighted by molar-refractivity contribution is 0.0168. The highest BCUT2D eigenvalue weighted by molar-refractivity contribution is 5.09. The lowest BCUT2D eigenvalue weighted by atomic mass is 10.1. The van der Waals surface area contributed by atoms with Crippen LogP contribution in [0.2, 0.25) is 0 Å². The molecule has 1 atom stereocenters. The van der Waals surface area contributed by atoms with E-state index in [4.69, 9.17) is 4.74 Å². The van der Waals surface area contributed by atoms with Crippen molar-refractivity contribution in [2.75, 3.05) is 13.2 Å². The van der Waals surface area contributed by atoms with Crippen LogP contribution in [-0.2, 0) is 17.8 Å². The molecule has 0 radical (unpaired) electrons. The number of aryl methyl sites for hydroxylation is 1. The smallest absolute Gasteiger partial charge is 0.0699 e. The summed E-state index contributed by atoms with van der Waals surface area (Å²) in [6.07, 6.45) is 8.53. The number of nitrogens with one attached hydrogen (secondary N) is 1. The van der Waals surface area contributed by atoms with Gasteiger partial charge < -0.3 is 14.6 Å². The van der Waals surface area contributed by atoms with Crippen LogP contribution in [0.4, 0.5) is 0 Å². The van der Waals surface area contributed by atoms with Crippen LogP contribution in [0.25, 0.3) is 0 Å². The van der Waals surface area contributed by atoms with Gasteiger partial charge in [-0.2, -0.15) is 0 Å². The van der Waals surface area contributed by atoms with Crippen LogP contribution in [-0.4, -0.2) is 23.8 Å². The van der Waals surface area contributed by atoms with E-state index in [0.29, 0.717) is 6.10 Å². The van der Waals surface area contributed by atoms with E-state index in [1.54, 1.807) is 0 Å². The number of hydrogen-bond acceptors (Lipinski definition) is 2. The Kier molecular flexibility index (Phi) is 4.43. The summed E-state index contributed by atoms with van der Waals surface area (Å²) in [7, 11) is 0. The lowest BCUT2D eigenvalue weighted by Gasteiger charge is -2.22. The van der Waals surface area contributed by atoms with Gasteiger partial charge >= 0.3 is 0 Å². The van der Waals surface area contributed by atoms with Crippen molar-refractivity contribution in [3.8, 4) is 0 Å². The van der Waals surface area contributed by atoms with Crippen molar-refractivity contribution in [2.45, 2.75) is 45.4 Å². The van der Waals surface area contributed by atoms with E-state index in [9.17, 15) is 0 Å². The second-order valence-corrected chi connectivity index (χ2v) is 4.47. The summed E-state index contributed by atoms with van der Waals surface area (Å²) in [5, 5.41) is 3.47. The molecule has 3 nitrogen and oxygen atoms in total. The number of hydrogen-bond donors (Lipinski definition) is 1. The van der Waals surface area contributed by atoms with Gasteiger partial charge in [0.25, 0.3) is 0 Å². The zero-order chi connectivity index (χ0) is 11.2. The van der Waals surface area contributed by atoms with E-state index < -0.39 is 0 Å². The summed E-state index contributed by atoms with van der Waals surface area (Å²) in [5.74, 6) is 0. The van der Waals surface area contributed by atoms with Gasteiger partial charge in [0, 0.05) is 38.6 Å². The van der Waals surface area contributed by atoms with Gasteiger partial charge in [0.05, 0.1) is 6.10 Å². The minimum Gasteiger partial charge on any atom is -0.377 e. The molecule has 2 heterocycles. The standard InChI is InChI=1S/C13H22N2O/c1-2-15-7-6-12(11-15)9-14-10-13-5-3-4-8-16-13/h6-7,11,13-14H,2-5,8-10H2,1H3. The summed E-state index contributed by atoms with van der Waals surface area (Å²) in [5.41, 5.74) is 1.36. The highest BCUT2D eigenvalue weighted by Gasteiger charge is 2.12. The summed E-state index contributed by atoms with van der Waals surface area (Å²) in [6, 6.07) is 2.18. The minimum atomic E-state index is 0.432. The Morgan fingerprint density at radius 2 is 2.44 bits per heavy atom. The number of ether oxygens (including phenoxy) is 1. The highest BCUT2D eigenvalue weighted by atomic mass is 16.5. The predicted molar refractivity (Wildman–Crippen MR) is 65.4 cm³/mol. The summed E-state index contributed by atoms with van der Waals surface area (Å²) < 4.78 is 7.88. The van der Waals surface area contributed by atoms with Crippen LogP contribution in [0.3, 0.4) is 0 Å². The Hall–Kier alpha value is -0.800. The summed E-state index contributed by atoms with van der Waals surface area (Å²) in [6.45, 7) is 6.08. The van der Waals surface area contributed by atoms with E-state index in [1.165, 1.54) is 24.8 Å². The molecule has 0 amide bonds. The minimum absolute atomic E-state index is 0.432. The monoisotopic (exact) mass is 222 g/mol. The Bertz CT molecular complexity index is 303. The van der Waals surface area contributed by atoms with Crippen LogP contribution in [0.5, 0.6) is 0 Å². The van der Waals surface area contributed by atoms with Crippen molar-refractivity contribution < 1.29 is 4.74 Å². The maximum Gasteiger partial charge on any atom is 0.0699 e. The molecule has 0 spiro atoms. The zero-order valence-corrected chi connectivity index (χ0v) is 10.1. The molecule has 0 aromatic carbocycles. The predicted octanol–water partition coefficient (Wildman–Crippen LogP) is 2.17. The molecule has 1 N–H and O–H groups in total. The molecular weight excluding hydrogens is 200 g/mol. The van der Waals surface area contributed by atoms with Crippen molar-refractivity contribution >= 4 is 0 Å². The first-order valence-electron chi connectivity index (χ1n) is 6.35. The first-order chi connectivity index (χ1) is 7.88. The fourth-order valence-electron chi connectivity index (χ4n) is 2.14. The molecule has 1 unspecified atom stereocenters. The van der Waals surface area contributed by atoms with Gasteiger partial charge in [-0.05, 0) is 37.8 Å². The fourth-order valence-corrected chi connectivity index (χ4v) is 2.14. The van der Waals surface area contributed by atoms with Crippen LogP contribution < -0.4 is 5.32 Å². The molecule has 0 saturated carbocycles. The highest BCUT2D eigenvalue weighted by Crippen LogP contribution is 2.11. The van der Waals surface area contributed by atoms with Crippen molar-refractivity contribution in [1.82, 2.24) is 9.88 Å². The van der Waals surface area contributed by atoms with Crippen molar-refractivity contribution in [3.05, 3.63) is 24.0 Å². The van der Waals surface area contributed by atoms with Gasteiger partial charge in [-0.1, -0.05) is 0 Å². The van der Waals surface area contributed by atoms with Gasteiger partial charge in [-0.25, -0.2) is 0 Å². The van der Waals surface area contributed by atoms with Crippen LogP contribution in [0, 0.1) is 0 Å². The number of rotatable bonds is 5. The second-order valence-electron chi connectivity index (χ2n) is 4.47. The molecule has 1 saturated heterocycles. The second kappa shape index (κ2) is 6.06. The molecule has 1 aliphatic heterocycles. The zero-order valence-electron chi connectivity index (χ0n) is 10.1. The molecule has 1 fully saturated rings. The van der Waals surface area contributed by atoms with E-state index in [0.717, 1.165) is 26.2 Å². The Morgan fingerprint density at radius 3 is 3.12 bits per heavy atom. The normalized spacial score (nSPS) is 21.2. The van der Waals surface area contributed by atoms with Crippen LogP contribution in [0.1, 0.15) is 31.7 Å². The molecule has 1 aliphatic rings. The molecule has 1 aromatic heterocycles. The molecule has 0 bridgehead atoms. The Labute approximate surface area is 97.8 Å². The number of nitrogens with zero attached hydrogens (tertiary/aromatic N) is 1. The molecule has 3 heteroatoms. The van der Waals surface area contributed by atoms with Crippen LogP contribution >= 0.6 is 0 Å². The van der Waals surface area contributed by atoms with Gasteiger partial charge in [0.1, 0.15) is 0 Å². The SMILES string of the molecule is CCn1ccc(CNCC2CCCCO2)c1. The molecule has 2 rings (SSSR count). The van der Waals surface area contributed by atoms with Gasteiger partial charge in [0.15, 0.2) is 0 Å². The molecular formula is C13H22N2O. The van der Waals surface area contributed by atoms with Crippen molar-refractivity contribution in [3.63, 3.8) is 0 Å². The molecule has 90 valence electrons. The quantitative estimate of drug-likeness (QED) is 0.826. The summed E-state index contributed by atoms with van der Waals surface area (Å²) >= 11 is 0.